The maximum atomic E-state index is 11.7. The molecular weight excluding hydrogens is 220 g/mol. The summed E-state index contributed by atoms with van der Waals surface area (Å²) < 4.78 is 0. The number of nitrogens with zero attached hydrogens (tertiary/aromatic N) is 2. The zero-order valence-electron chi connectivity index (χ0n) is 9.54. The molecule has 0 saturated carbocycles. The number of carbonyl (C=O) groups excluding carboxylic acids is 1. The second kappa shape index (κ2) is 4.53. The van der Waals surface area contributed by atoms with Crippen molar-refractivity contribution >= 4 is 11.9 Å². The number of hydrogen-bond acceptors (Lipinski definition) is 3. The van der Waals surface area contributed by atoms with Crippen LogP contribution in [-0.4, -0.2) is 33.4 Å². The fraction of sp³-hybridized carbons (Fsp3) is 0.417. The Kier molecular flexibility index (Phi) is 3.08. The maximum absolute atomic E-state index is 11.7. The third-order valence-electron chi connectivity index (χ3n) is 3.09. The van der Waals surface area contributed by atoms with Crippen LogP contribution in [0.5, 0.6) is 0 Å². The molecule has 1 aliphatic heterocycles. The van der Waals surface area contributed by atoms with Gasteiger partial charge >= 0.3 is 5.97 Å². The fourth-order valence-electron chi connectivity index (χ4n) is 2.05. The van der Waals surface area contributed by atoms with Gasteiger partial charge in [0.2, 0.25) is 5.91 Å². The van der Waals surface area contributed by atoms with Crippen molar-refractivity contribution < 1.29 is 14.7 Å². The summed E-state index contributed by atoms with van der Waals surface area (Å²) >= 11 is 0. The number of likely N-dealkylation sites (tertiary alicyclic amines) is 1. The van der Waals surface area contributed by atoms with Crippen molar-refractivity contribution in [3.05, 3.63) is 30.1 Å². The van der Waals surface area contributed by atoms with E-state index >= 15 is 0 Å². The molecule has 1 fully saturated rings. The molecular formula is C12H14N2O3. The Morgan fingerprint density at radius 1 is 1.59 bits per heavy atom. The van der Waals surface area contributed by atoms with E-state index in [4.69, 9.17) is 5.11 Å². The predicted molar refractivity (Wildman–Crippen MR) is 60.1 cm³/mol. The number of rotatable bonds is 3. The fourth-order valence-corrected chi connectivity index (χ4v) is 2.05. The van der Waals surface area contributed by atoms with Crippen molar-refractivity contribution in [3.8, 4) is 0 Å². The minimum absolute atomic E-state index is 0.0898. The maximum Gasteiger partial charge on any atom is 0.308 e. The predicted octanol–water partition coefficient (Wildman–Crippen LogP) is 1.08. The second-order valence-electron chi connectivity index (χ2n) is 4.22. The van der Waals surface area contributed by atoms with E-state index in [9.17, 15) is 9.59 Å². The summed E-state index contributed by atoms with van der Waals surface area (Å²) in [6.45, 7) is 2.14. The van der Waals surface area contributed by atoms with Crippen molar-refractivity contribution in [3.63, 3.8) is 0 Å². The first kappa shape index (κ1) is 11.6. The molecule has 0 bridgehead atoms. The first-order valence-corrected chi connectivity index (χ1v) is 5.53. The smallest absolute Gasteiger partial charge is 0.308 e. The van der Waals surface area contributed by atoms with E-state index in [1.54, 1.807) is 11.1 Å². The molecule has 1 amide bonds. The summed E-state index contributed by atoms with van der Waals surface area (Å²) in [5.41, 5.74) is 0.784. The largest absolute Gasteiger partial charge is 0.481 e. The Bertz CT molecular complexity index is 433. The minimum atomic E-state index is -0.908. The molecule has 1 saturated heterocycles. The molecule has 1 unspecified atom stereocenters. The van der Waals surface area contributed by atoms with Gasteiger partial charge in [-0.1, -0.05) is 6.07 Å². The van der Waals surface area contributed by atoms with Crippen LogP contribution in [0.25, 0.3) is 0 Å². The first-order chi connectivity index (χ1) is 8.09. The Morgan fingerprint density at radius 3 is 2.88 bits per heavy atom. The lowest BCUT2D eigenvalue weighted by Gasteiger charge is -2.23. The summed E-state index contributed by atoms with van der Waals surface area (Å²) in [7, 11) is 0. The average Bonchev–Trinajstić information content (AvgIpc) is 2.72. The van der Waals surface area contributed by atoms with E-state index < -0.39 is 11.9 Å². The summed E-state index contributed by atoms with van der Waals surface area (Å²) in [4.78, 5) is 28.4. The quantitative estimate of drug-likeness (QED) is 0.849. The monoisotopic (exact) mass is 234 g/mol. The lowest BCUT2D eigenvalue weighted by Crippen LogP contribution is -2.29. The number of carboxylic acids is 1. The van der Waals surface area contributed by atoms with E-state index in [0.717, 1.165) is 5.69 Å². The molecule has 5 heteroatoms. The number of aromatic nitrogens is 1. The summed E-state index contributed by atoms with van der Waals surface area (Å²) in [5, 5.41) is 8.91. The number of carboxylic acid groups (broad SMARTS) is 1. The van der Waals surface area contributed by atoms with Gasteiger partial charge in [-0.15, -0.1) is 0 Å². The highest BCUT2D eigenvalue weighted by molar-refractivity contribution is 5.86. The van der Waals surface area contributed by atoms with Crippen molar-refractivity contribution in [1.29, 1.82) is 0 Å². The number of carbonyl (C=O) groups is 2. The summed E-state index contributed by atoms with van der Waals surface area (Å²) in [6.07, 6.45) is 1.76. The molecule has 1 aromatic heterocycles. The lowest BCUT2D eigenvalue weighted by molar-refractivity contribution is -0.141. The minimum Gasteiger partial charge on any atom is -0.481 e. The molecule has 2 atom stereocenters. The highest BCUT2D eigenvalue weighted by Gasteiger charge is 2.37. The molecule has 2 heterocycles. The van der Waals surface area contributed by atoms with Gasteiger partial charge in [0.05, 0.1) is 17.7 Å². The van der Waals surface area contributed by atoms with Gasteiger partial charge in [0.25, 0.3) is 0 Å². The molecule has 0 radical (unpaired) electrons. The van der Waals surface area contributed by atoms with Gasteiger partial charge < -0.3 is 10.0 Å². The van der Waals surface area contributed by atoms with Gasteiger partial charge in [0.15, 0.2) is 0 Å². The molecule has 0 aromatic carbocycles. The highest BCUT2D eigenvalue weighted by atomic mass is 16.4. The van der Waals surface area contributed by atoms with Crippen LogP contribution in [0, 0.1) is 5.92 Å². The molecule has 0 spiro atoms. The highest BCUT2D eigenvalue weighted by Crippen LogP contribution is 2.27. The Labute approximate surface area is 99.1 Å². The van der Waals surface area contributed by atoms with E-state index in [-0.39, 0.29) is 24.9 Å². The molecule has 5 nitrogen and oxygen atoms in total. The second-order valence-corrected chi connectivity index (χ2v) is 4.22. The number of pyridine rings is 1. The third kappa shape index (κ3) is 2.27. The van der Waals surface area contributed by atoms with E-state index in [0.29, 0.717) is 0 Å². The van der Waals surface area contributed by atoms with Crippen LogP contribution in [0.1, 0.15) is 25.1 Å². The van der Waals surface area contributed by atoms with Crippen LogP contribution in [0.15, 0.2) is 24.4 Å². The zero-order chi connectivity index (χ0) is 12.4. The Balaban J connectivity index is 2.14. The third-order valence-corrected chi connectivity index (χ3v) is 3.09. The van der Waals surface area contributed by atoms with Gasteiger partial charge in [-0.25, -0.2) is 0 Å². The molecule has 17 heavy (non-hydrogen) atoms. The average molecular weight is 234 g/mol. The molecule has 90 valence electrons. The first-order valence-electron chi connectivity index (χ1n) is 5.53. The van der Waals surface area contributed by atoms with Crippen molar-refractivity contribution in [2.24, 2.45) is 5.92 Å². The number of aliphatic carboxylic acids is 1. The zero-order valence-corrected chi connectivity index (χ0v) is 9.54. The van der Waals surface area contributed by atoms with Crippen LogP contribution in [0.2, 0.25) is 0 Å². The molecule has 1 aromatic rings. The number of hydrogen-bond donors (Lipinski definition) is 1. The molecule has 1 N–H and O–H groups in total. The number of amides is 1. The van der Waals surface area contributed by atoms with Gasteiger partial charge in [-0.2, -0.15) is 0 Å². The van der Waals surface area contributed by atoms with E-state index in [2.05, 4.69) is 4.98 Å². The van der Waals surface area contributed by atoms with E-state index in [1.165, 1.54) is 0 Å². The van der Waals surface area contributed by atoms with Gasteiger partial charge in [-0.05, 0) is 19.1 Å². The Morgan fingerprint density at radius 2 is 2.35 bits per heavy atom. The van der Waals surface area contributed by atoms with Crippen LogP contribution < -0.4 is 0 Å². The summed E-state index contributed by atoms with van der Waals surface area (Å²) in [5.74, 6) is -1.61. The van der Waals surface area contributed by atoms with Crippen molar-refractivity contribution in [1.82, 2.24) is 9.88 Å². The van der Waals surface area contributed by atoms with Crippen LogP contribution >= 0.6 is 0 Å². The standard InChI is InChI=1S/C12H14N2O3/c1-8(10-4-2-3-5-13-10)14-7-9(12(16)17)6-11(14)15/h2-5,8-9H,6-7H2,1H3,(H,16,17)/t8-,9?/m0/s1. The lowest BCUT2D eigenvalue weighted by atomic mass is 10.1. The van der Waals surface area contributed by atoms with Gasteiger partial charge in [0.1, 0.15) is 0 Å². The normalized spacial score (nSPS) is 21.6. The molecule has 1 aliphatic rings. The molecule has 2 rings (SSSR count). The van der Waals surface area contributed by atoms with Crippen LogP contribution in [-0.2, 0) is 9.59 Å². The topological polar surface area (TPSA) is 70.5 Å². The van der Waals surface area contributed by atoms with Gasteiger partial charge in [-0.3, -0.25) is 14.6 Å². The SMILES string of the molecule is C[C@@H](c1ccccn1)N1CC(C(=O)O)CC1=O. The van der Waals surface area contributed by atoms with Crippen LogP contribution in [0.4, 0.5) is 0 Å². The van der Waals surface area contributed by atoms with Gasteiger partial charge in [0, 0.05) is 19.2 Å². The molecule has 0 aliphatic carbocycles. The van der Waals surface area contributed by atoms with Crippen molar-refractivity contribution in [2.75, 3.05) is 6.54 Å². The Hall–Kier alpha value is -1.91. The van der Waals surface area contributed by atoms with Crippen molar-refractivity contribution in [2.45, 2.75) is 19.4 Å². The van der Waals surface area contributed by atoms with Crippen LogP contribution in [0.3, 0.4) is 0 Å². The van der Waals surface area contributed by atoms with E-state index in [1.807, 2.05) is 25.1 Å². The summed E-state index contributed by atoms with van der Waals surface area (Å²) in [6, 6.07) is 5.33.